The maximum atomic E-state index is 11.3. The summed E-state index contributed by atoms with van der Waals surface area (Å²) in [7, 11) is -0.749. The third-order valence-corrected chi connectivity index (χ3v) is 3.86. The van der Waals surface area contributed by atoms with Gasteiger partial charge >= 0.3 is 6.09 Å². The van der Waals surface area contributed by atoms with Crippen molar-refractivity contribution in [2.45, 2.75) is 51.4 Å². The molecule has 0 bridgehead atoms. The van der Waals surface area contributed by atoms with Crippen LogP contribution in [-0.2, 0) is 15.5 Å². The second-order valence-electron chi connectivity index (χ2n) is 5.63. The molecule has 0 aliphatic heterocycles. The standard InChI is InChI=1S/C13H28N2O3S/c1-11(19(5)17)7-10-14-8-6-9-15-12(16)18-13(2,3)4/h11,14H,6-10H2,1-5H3,(H,15,16). The fourth-order valence-corrected chi connectivity index (χ4v) is 1.76. The minimum atomic E-state index is -0.749. The van der Waals surface area contributed by atoms with Crippen molar-refractivity contribution in [2.24, 2.45) is 0 Å². The zero-order valence-electron chi connectivity index (χ0n) is 12.7. The molecule has 0 aromatic carbocycles. The van der Waals surface area contributed by atoms with Crippen molar-refractivity contribution >= 4 is 16.9 Å². The summed E-state index contributed by atoms with van der Waals surface area (Å²) in [5.41, 5.74) is -0.450. The molecule has 0 aromatic rings. The minimum Gasteiger partial charge on any atom is -0.444 e. The molecule has 0 saturated carbocycles. The highest BCUT2D eigenvalue weighted by atomic mass is 32.2. The van der Waals surface area contributed by atoms with Gasteiger partial charge in [-0.05, 0) is 46.7 Å². The van der Waals surface area contributed by atoms with E-state index in [9.17, 15) is 9.00 Å². The highest BCUT2D eigenvalue weighted by molar-refractivity contribution is 7.84. The first-order valence-corrected chi connectivity index (χ1v) is 8.34. The highest BCUT2D eigenvalue weighted by Crippen LogP contribution is 2.06. The van der Waals surface area contributed by atoms with E-state index < -0.39 is 16.4 Å². The van der Waals surface area contributed by atoms with Crippen molar-refractivity contribution in [3.05, 3.63) is 0 Å². The van der Waals surface area contributed by atoms with Gasteiger partial charge in [0.1, 0.15) is 5.60 Å². The minimum absolute atomic E-state index is 0.229. The van der Waals surface area contributed by atoms with E-state index in [0.717, 1.165) is 25.9 Å². The maximum absolute atomic E-state index is 11.3. The number of alkyl carbamates (subject to hydrolysis) is 1. The van der Waals surface area contributed by atoms with Gasteiger partial charge in [0.05, 0.1) is 0 Å². The molecular weight excluding hydrogens is 264 g/mol. The van der Waals surface area contributed by atoms with Crippen molar-refractivity contribution in [3.8, 4) is 0 Å². The predicted molar refractivity (Wildman–Crippen MR) is 79.9 cm³/mol. The highest BCUT2D eigenvalue weighted by Gasteiger charge is 2.15. The van der Waals surface area contributed by atoms with Gasteiger partial charge in [-0.15, -0.1) is 0 Å². The molecule has 2 N–H and O–H groups in total. The van der Waals surface area contributed by atoms with Crippen LogP contribution in [0.1, 0.15) is 40.5 Å². The van der Waals surface area contributed by atoms with Crippen molar-refractivity contribution < 1.29 is 13.7 Å². The maximum Gasteiger partial charge on any atom is 0.407 e. The molecule has 0 rings (SSSR count). The van der Waals surface area contributed by atoms with E-state index in [-0.39, 0.29) is 11.3 Å². The first-order valence-electron chi connectivity index (χ1n) is 6.72. The molecule has 0 aliphatic carbocycles. The summed E-state index contributed by atoms with van der Waals surface area (Å²) in [4.78, 5) is 11.3. The van der Waals surface area contributed by atoms with Gasteiger partial charge in [-0.25, -0.2) is 4.79 Å². The van der Waals surface area contributed by atoms with Crippen LogP contribution in [0.25, 0.3) is 0 Å². The van der Waals surface area contributed by atoms with Gasteiger partial charge in [0, 0.05) is 28.9 Å². The van der Waals surface area contributed by atoms with Crippen LogP contribution < -0.4 is 10.6 Å². The first-order chi connectivity index (χ1) is 8.72. The van der Waals surface area contributed by atoms with Gasteiger partial charge in [-0.3, -0.25) is 4.21 Å². The lowest BCUT2D eigenvalue weighted by atomic mass is 10.2. The van der Waals surface area contributed by atoms with Crippen LogP contribution in [0, 0.1) is 0 Å². The molecule has 2 atom stereocenters. The van der Waals surface area contributed by atoms with Crippen LogP contribution in [0.3, 0.4) is 0 Å². The molecule has 6 heteroatoms. The van der Waals surface area contributed by atoms with Crippen LogP contribution in [-0.4, -0.2) is 47.0 Å². The van der Waals surface area contributed by atoms with Gasteiger partial charge in [0.25, 0.3) is 0 Å². The van der Waals surface area contributed by atoms with E-state index in [4.69, 9.17) is 4.74 Å². The Morgan fingerprint density at radius 3 is 2.42 bits per heavy atom. The van der Waals surface area contributed by atoms with E-state index >= 15 is 0 Å². The number of hydrogen-bond donors (Lipinski definition) is 2. The van der Waals surface area contributed by atoms with Crippen molar-refractivity contribution in [3.63, 3.8) is 0 Å². The molecule has 0 fully saturated rings. The van der Waals surface area contributed by atoms with Gasteiger partial charge in [-0.1, -0.05) is 6.92 Å². The van der Waals surface area contributed by atoms with E-state index in [0.29, 0.717) is 6.54 Å². The molecule has 114 valence electrons. The van der Waals surface area contributed by atoms with E-state index in [1.165, 1.54) is 0 Å². The predicted octanol–water partition coefficient (Wildman–Crippen LogP) is 1.65. The van der Waals surface area contributed by atoms with Crippen LogP contribution in [0.4, 0.5) is 4.79 Å². The number of nitrogens with one attached hydrogen (secondary N) is 2. The Kier molecular flexibility index (Phi) is 9.01. The average molecular weight is 292 g/mol. The Labute approximate surface area is 119 Å². The van der Waals surface area contributed by atoms with Crippen LogP contribution >= 0.6 is 0 Å². The molecule has 0 radical (unpaired) electrons. The Bertz CT molecular complexity index is 290. The van der Waals surface area contributed by atoms with E-state index in [2.05, 4.69) is 10.6 Å². The van der Waals surface area contributed by atoms with Gasteiger partial charge in [0.15, 0.2) is 0 Å². The lowest BCUT2D eigenvalue weighted by Gasteiger charge is -2.19. The molecule has 2 unspecified atom stereocenters. The van der Waals surface area contributed by atoms with E-state index in [1.807, 2.05) is 27.7 Å². The number of amides is 1. The summed E-state index contributed by atoms with van der Waals surface area (Å²) in [6, 6.07) is 0. The number of ether oxygens (including phenoxy) is 1. The molecule has 0 aliphatic rings. The summed E-state index contributed by atoms with van der Waals surface area (Å²) >= 11 is 0. The van der Waals surface area contributed by atoms with E-state index in [1.54, 1.807) is 6.26 Å². The molecule has 0 saturated heterocycles. The van der Waals surface area contributed by atoms with Crippen LogP contribution in [0.15, 0.2) is 0 Å². The second kappa shape index (κ2) is 9.31. The number of hydrogen-bond acceptors (Lipinski definition) is 4. The normalized spacial score (nSPS) is 14.8. The average Bonchev–Trinajstić information content (AvgIpc) is 2.24. The SMILES string of the molecule is CC(CCNCCCNC(=O)OC(C)(C)C)S(C)=O. The molecule has 0 aromatic heterocycles. The van der Waals surface area contributed by atoms with Crippen molar-refractivity contribution in [1.82, 2.24) is 10.6 Å². The monoisotopic (exact) mass is 292 g/mol. The van der Waals surface area contributed by atoms with Crippen molar-refractivity contribution in [2.75, 3.05) is 25.9 Å². The Balaban J connectivity index is 3.41. The summed E-state index contributed by atoms with van der Waals surface area (Å²) in [5, 5.41) is 6.20. The number of carbonyl (C=O) groups excluding carboxylic acids is 1. The number of carbonyl (C=O) groups is 1. The van der Waals surface area contributed by atoms with Gasteiger partial charge in [0.2, 0.25) is 0 Å². The zero-order chi connectivity index (χ0) is 14.9. The third kappa shape index (κ3) is 12.2. The Hall–Kier alpha value is -0.620. The fourth-order valence-electron chi connectivity index (χ4n) is 1.31. The molecule has 0 heterocycles. The lowest BCUT2D eigenvalue weighted by Crippen LogP contribution is -2.34. The second-order valence-corrected chi connectivity index (χ2v) is 7.43. The first kappa shape index (κ1) is 18.4. The van der Waals surface area contributed by atoms with Gasteiger partial charge < -0.3 is 15.4 Å². The van der Waals surface area contributed by atoms with Gasteiger partial charge in [-0.2, -0.15) is 0 Å². The molecule has 1 amide bonds. The van der Waals surface area contributed by atoms with Crippen LogP contribution in [0.5, 0.6) is 0 Å². The summed E-state index contributed by atoms with van der Waals surface area (Å²) in [6.07, 6.45) is 3.11. The zero-order valence-corrected chi connectivity index (χ0v) is 13.6. The summed E-state index contributed by atoms with van der Waals surface area (Å²) in [6.45, 7) is 9.79. The largest absolute Gasteiger partial charge is 0.444 e. The number of rotatable bonds is 8. The van der Waals surface area contributed by atoms with Crippen molar-refractivity contribution in [1.29, 1.82) is 0 Å². The molecule has 19 heavy (non-hydrogen) atoms. The Morgan fingerprint density at radius 2 is 1.89 bits per heavy atom. The van der Waals surface area contributed by atoms with Crippen LogP contribution in [0.2, 0.25) is 0 Å². The summed E-state index contributed by atoms with van der Waals surface area (Å²) in [5.74, 6) is 0. The third-order valence-electron chi connectivity index (χ3n) is 2.49. The summed E-state index contributed by atoms with van der Waals surface area (Å²) < 4.78 is 16.2. The Morgan fingerprint density at radius 1 is 1.26 bits per heavy atom. The molecular formula is C13H28N2O3S. The quantitative estimate of drug-likeness (QED) is 0.668. The topological polar surface area (TPSA) is 67.4 Å². The molecule has 0 spiro atoms. The molecule has 5 nitrogen and oxygen atoms in total. The fraction of sp³-hybridized carbons (Fsp3) is 0.923. The smallest absolute Gasteiger partial charge is 0.407 e. The lowest BCUT2D eigenvalue weighted by molar-refractivity contribution is 0.0527.